The molecule has 2 unspecified atom stereocenters. The fraction of sp³-hybridized carbons (Fsp3) is 0.278. The van der Waals surface area contributed by atoms with Gasteiger partial charge >= 0.3 is 0 Å². The Bertz CT molecular complexity index is 817. The number of Topliss-reactive ketones (excluding diaryl/α,β-unsaturated/α-hetero) is 1. The van der Waals surface area contributed by atoms with Gasteiger partial charge in [0.1, 0.15) is 11.9 Å². The van der Waals surface area contributed by atoms with Crippen molar-refractivity contribution in [2.24, 2.45) is 0 Å². The highest BCUT2D eigenvalue weighted by molar-refractivity contribution is 6.17. The number of carbonyl (C=O) groups is 1. The number of aliphatic hydroxyl groups excluding tert-OH is 1. The Morgan fingerprint density at radius 1 is 1.24 bits per heavy atom. The summed E-state index contributed by atoms with van der Waals surface area (Å²) in [5, 5.41) is 12.3. The lowest BCUT2D eigenvalue weighted by Gasteiger charge is -2.23. The Morgan fingerprint density at radius 2 is 1.95 bits per heavy atom. The zero-order valence-corrected chi connectivity index (χ0v) is 12.0. The summed E-state index contributed by atoms with van der Waals surface area (Å²) >= 11 is 0. The van der Waals surface area contributed by atoms with E-state index in [0.29, 0.717) is 17.7 Å². The van der Waals surface area contributed by atoms with Crippen LogP contribution in [0.5, 0.6) is 0 Å². The van der Waals surface area contributed by atoms with E-state index in [0.717, 1.165) is 27.5 Å². The molecule has 1 aliphatic heterocycles. The monoisotopic (exact) mass is 280 g/mol. The molecular formula is C18H16O3. The molecule has 0 amide bonds. The van der Waals surface area contributed by atoms with Gasteiger partial charge in [0.2, 0.25) is 0 Å². The molecular weight excluding hydrogens is 264 g/mol. The van der Waals surface area contributed by atoms with Crippen LogP contribution in [0.3, 0.4) is 0 Å². The Morgan fingerprint density at radius 3 is 2.71 bits per heavy atom. The summed E-state index contributed by atoms with van der Waals surface area (Å²) in [4.78, 5) is 12.7. The van der Waals surface area contributed by atoms with Gasteiger partial charge in [0.25, 0.3) is 0 Å². The second-order valence-electron chi connectivity index (χ2n) is 5.92. The van der Waals surface area contributed by atoms with Crippen LogP contribution in [-0.2, 0) is 4.74 Å². The van der Waals surface area contributed by atoms with Gasteiger partial charge in [-0.3, -0.25) is 4.79 Å². The van der Waals surface area contributed by atoms with E-state index in [9.17, 15) is 9.90 Å². The highest BCUT2D eigenvalue weighted by atomic mass is 16.5. The lowest BCUT2D eigenvalue weighted by Crippen LogP contribution is -2.28. The molecule has 1 heterocycles. The van der Waals surface area contributed by atoms with Crippen LogP contribution in [0, 0.1) is 6.92 Å². The number of ketones is 1. The molecule has 0 saturated carbocycles. The molecule has 2 aromatic rings. The topological polar surface area (TPSA) is 46.5 Å². The van der Waals surface area contributed by atoms with Crippen LogP contribution in [0.15, 0.2) is 35.9 Å². The normalized spacial score (nSPS) is 24.0. The molecule has 1 aliphatic carbocycles. The Labute approximate surface area is 122 Å². The first kappa shape index (κ1) is 12.6. The minimum atomic E-state index is -1.07. The minimum absolute atomic E-state index is 0.00942. The van der Waals surface area contributed by atoms with E-state index in [4.69, 9.17) is 4.74 Å². The molecule has 2 aromatic carbocycles. The van der Waals surface area contributed by atoms with Gasteiger partial charge in [-0.25, -0.2) is 0 Å². The van der Waals surface area contributed by atoms with Crippen molar-refractivity contribution in [3.63, 3.8) is 0 Å². The van der Waals surface area contributed by atoms with Gasteiger partial charge in [-0.2, -0.15) is 0 Å². The number of aliphatic hydroxyl groups is 1. The quantitative estimate of drug-likeness (QED) is 0.806. The van der Waals surface area contributed by atoms with Crippen LogP contribution >= 0.6 is 0 Å². The SMILES string of the molecule is Cc1cc2c(c3ccccc13)C(=O)C(O)C1=C2OC(C)C1. The fourth-order valence-electron chi connectivity index (χ4n) is 3.49. The van der Waals surface area contributed by atoms with Crippen molar-refractivity contribution in [1.82, 2.24) is 0 Å². The summed E-state index contributed by atoms with van der Waals surface area (Å²) in [5.74, 6) is 0.496. The minimum Gasteiger partial charge on any atom is -0.490 e. The third kappa shape index (κ3) is 1.61. The van der Waals surface area contributed by atoms with Gasteiger partial charge in [-0.15, -0.1) is 0 Å². The van der Waals surface area contributed by atoms with Crippen molar-refractivity contribution < 1.29 is 14.6 Å². The van der Waals surface area contributed by atoms with E-state index in [1.165, 1.54) is 0 Å². The lowest BCUT2D eigenvalue weighted by atomic mass is 9.82. The largest absolute Gasteiger partial charge is 0.490 e. The van der Waals surface area contributed by atoms with Crippen molar-refractivity contribution in [2.45, 2.75) is 32.5 Å². The van der Waals surface area contributed by atoms with Gasteiger partial charge < -0.3 is 9.84 Å². The van der Waals surface area contributed by atoms with E-state index in [2.05, 4.69) is 0 Å². The van der Waals surface area contributed by atoms with Crippen molar-refractivity contribution in [3.8, 4) is 0 Å². The van der Waals surface area contributed by atoms with Gasteiger partial charge in [-0.1, -0.05) is 24.3 Å². The van der Waals surface area contributed by atoms with Crippen LogP contribution in [0.1, 0.15) is 34.8 Å². The maximum Gasteiger partial charge on any atom is 0.196 e. The first-order valence-electron chi connectivity index (χ1n) is 7.22. The maximum atomic E-state index is 12.7. The molecule has 2 atom stereocenters. The predicted molar refractivity (Wildman–Crippen MR) is 81.1 cm³/mol. The highest BCUT2D eigenvalue weighted by Crippen LogP contribution is 2.43. The zero-order chi connectivity index (χ0) is 14.7. The summed E-state index contributed by atoms with van der Waals surface area (Å²) in [5.41, 5.74) is 3.27. The average Bonchev–Trinajstić information content (AvgIpc) is 2.87. The molecule has 0 bridgehead atoms. The van der Waals surface area contributed by atoms with Crippen LogP contribution in [-0.4, -0.2) is 23.1 Å². The predicted octanol–water partition coefficient (Wildman–Crippen LogP) is 3.23. The summed E-state index contributed by atoms with van der Waals surface area (Å²) in [6, 6.07) is 9.84. The Hall–Kier alpha value is -2.13. The van der Waals surface area contributed by atoms with Crippen molar-refractivity contribution in [2.75, 3.05) is 0 Å². The molecule has 1 N–H and O–H groups in total. The summed E-state index contributed by atoms with van der Waals surface area (Å²) in [6.45, 7) is 4.00. The third-order valence-corrected chi connectivity index (χ3v) is 4.44. The van der Waals surface area contributed by atoms with Gasteiger partial charge in [0, 0.05) is 23.1 Å². The molecule has 4 rings (SSSR count). The maximum absolute atomic E-state index is 12.7. The number of hydrogen-bond acceptors (Lipinski definition) is 3. The number of benzene rings is 2. The average molecular weight is 280 g/mol. The molecule has 0 fully saturated rings. The van der Waals surface area contributed by atoms with E-state index in [1.807, 2.05) is 44.2 Å². The van der Waals surface area contributed by atoms with Crippen molar-refractivity contribution in [3.05, 3.63) is 52.6 Å². The number of carbonyl (C=O) groups excluding carboxylic acids is 1. The standard InChI is InChI=1S/C18H16O3/c1-9-7-13-15(12-6-4-3-5-11(9)12)17(20)16(19)14-8-10(2)21-18(13)14/h3-7,10,16,19H,8H2,1-2H3. The second-order valence-corrected chi connectivity index (χ2v) is 5.92. The highest BCUT2D eigenvalue weighted by Gasteiger charge is 2.39. The van der Waals surface area contributed by atoms with Gasteiger partial charge in [0.05, 0.1) is 6.10 Å². The van der Waals surface area contributed by atoms with Crippen LogP contribution < -0.4 is 0 Å². The molecule has 0 aromatic heterocycles. The van der Waals surface area contributed by atoms with Gasteiger partial charge in [-0.05, 0) is 36.2 Å². The van der Waals surface area contributed by atoms with Crippen LogP contribution in [0.25, 0.3) is 16.5 Å². The number of aryl methyl sites for hydroxylation is 1. The molecule has 21 heavy (non-hydrogen) atoms. The van der Waals surface area contributed by atoms with Crippen molar-refractivity contribution in [1.29, 1.82) is 0 Å². The first-order valence-corrected chi connectivity index (χ1v) is 7.22. The van der Waals surface area contributed by atoms with E-state index >= 15 is 0 Å². The van der Waals surface area contributed by atoms with Crippen LogP contribution in [0.4, 0.5) is 0 Å². The van der Waals surface area contributed by atoms with E-state index < -0.39 is 6.10 Å². The molecule has 2 aliphatic rings. The summed E-state index contributed by atoms with van der Waals surface area (Å²) in [7, 11) is 0. The smallest absolute Gasteiger partial charge is 0.196 e. The summed E-state index contributed by atoms with van der Waals surface area (Å²) in [6.07, 6.45) is -0.438. The zero-order valence-electron chi connectivity index (χ0n) is 12.0. The molecule has 3 nitrogen and oxygen atoms in total. The Balaban J connectivity index is 2.11. The number of rotatable bonds is 0. The van der Waals surface area contributed by atoms with Gasteiger partial charge in [0.15, 0.2) is 5.78 Å². The number of ether oxygens (including phenoxy) is 1. The second kappa shape index (κ2) is 4.18. The lowest BCUT2D eigenvalue weighted by molar-refractivity contribution is 0.0800. The first-order chi connectivity index (χ1) is 10.1. The number of fused-ring (bicyclic) bond motifs is 4. The molecule has 0 radical (unpaired) electrons. The summed E-state index contributed by atoms with van der Waals surface area (Å²) < 4.78 is 5.88. The molecule has 106 valence electrons. The van der Waals surface area contributed by atoms with Crippen LogP contribution in [0.2, 0.25) is 0 Å². The molecule has 3 heteroatoms. The fourth-order valence-corrected chi connectivity index (χ4v) is 3.49. The molecule has 0 saturated heterocycles. The Kier molecular flexibility index (Phi) is 2.51. The molecule has 0 spiro atoms. The van der Waals surface area contributed by atoms with E-state index in [-0.39, 0.29) is 11.9 Å². The van der Waals surface area contributed by atoms with E-state index in [1.54, 1.807) is 0 Å². The number of hydrogen-bond donors (Lipinski definition) is 1. The van der Waals surface area contributed by atoms with Crippen molar-refractivity contribution >= 4 is 22.3 Å². The third-order valence-electron chi connectivity index (χ3n) is 4.44.